The SMILES string of the molecule is CN(CCN1CCOCC1)S(=O)(=O)C(F)(F)C(F)(F)C(F)(F)C(F)(F)CC(F)(F)C(F)(F)F. The van der Waals surface area contributed by atoms with Gasteiger partial charge in [0.05, 0.1) is 19.6 Å². The minimum absolute atomic E-state index is 0.133. The molecule has 1 saturated heterocycles. The second-order valence-corrected chi connectivity index (χ2v) is 9.12. The van der Waals surface area contributed by atoms with Gasteiger partial charge in [-0.1, -0.05) is 0 Å². The lowest BCUT2D eigenvalue weighted by Crippen LogP contribution is -2.67. The fourth-order valence-corrected chi connectivity index (χ4v) is 3.65. The Morgan fingerprint density at radius 3 is 1.67 bits per heavy atom. The summed E-state index contributed by atoms with van der Waals surface area (Å²) in [7, 11) is -6.61. The molecule has 0 amide bonds. The van der Waals surface area contributed by atoms with Crippen LogP contribution >= 0.6 is 0 Å². The minimum Gasteiger partial charge on any atom is -0.379 e. The monoisotopic (exact) mass is 540 g/mol. The smallest absolute Gasteiger partial charge is 0.379 e. The van der Waals surface area contributed by atoms with E-state index >= 15 is 0 Å². The highest BCUT2D eigenvalue weighted by Crippen LogP contribution is 2.57. The fourth-order valence-electron chi connectivity index (χ4n) is 2.49. The molecule has 0 bridgehead atoms. The third-order valence-electron chi connectivity index (χ3n) is 4.65. The number of rotatable bonds is 10. The summed E-state index contributed by atoms with van der Waals surface area (Å²) in [6, 6.07) is 0. The van der Waals surface area contributed by atoms with Gasteiger partial charge in [0.15, 0.2) is 0 Å². The molecule has 1 rings (SSSR count). The van der Waals surface area contributed by atoms with Crippen molar-refractivity contribution in [1.82, 2.24) is 9.21 Å². The first-order valence-corrected chi connectivity index (χ1v) is 10.1. The average Bonchev–Trinajstić information content (AvgIpc) is 2.64. The zero-order valence-corrected chi connectivity index (χ0v) is 17.2. The van der Waals surface area contributed by atoms with E-state index in [-0.39, 0.29) is 33.4 Å². The lowest BCUT2D eigenvalue weighted by molar-refractivity contribution is -0.372. The number of sulfonamides is 1. The van der Waals surface area contributed by atoms with Crippen molar-refractivity contribution in [3.8, 4) is 0 Å². The van der Waals surface area contributed by atoms with E-state index in [2.05, 4.69) is 0 Å². The normalized spacial score (nSPS) is 18.8. The molecule has 0 N–H and O–H groups in total. The van der Waals surface area contributed by atoms with Gasteiger partial charge in [0.1, 0.15) is 0 Å². The molecule has 5 nitrogen and oxygen atoms in total. The standard InChI is InChI=1S/C14H17F13N2O3S/c1-28(2-3-29-4-6-32-7-5-29)33(30,31)14(26,27)12(21,22)11(19,20)9(15,16)8-10(17,18)13(23,24)25/h2-8H2,1H3. The summed E-state index contributed by atoms with van der Waals surface area (Å²) in [5, 5.41) is -7.03. The second-order valence-electron chi connectivity index (χ2n) is 7.03. The number of alkyl halides is 13. The van der Waals surface area contributed by atoms with Gasteiger partial charge in [0.25, 0.3) is 10.0 Å². The summed E-state index contributed by atoms with van der Waals surface area (Å²) in [6.07, 6.45) is -11.3. The Hall–Kier alpha value is -1.08. The summed E-state index contributed by atoms with van der Waals surface area (Å²) < 4.78 is 200. The van der Waals surface area contributed by atoms with Crippen molar-refractivity contribution in [1.29, 1.82) is 0 Å². The quantitative estimate of drug-likeness (QED) is 0.397. The van der Waals surface area contributed by atoms with Gasteiger partial charge in [-0.25, -0.2) is 8.42 Å². The zero-order chi connectivity index (χ0) is 26.3. The number of halogens is 13. The van der Waals surface area contributed by atoms with Crippen LogP contribution in [0.5, 0.6) is 0 Å². The molecule has 33 heavy (non-hydrogen) atoms. The van der Waals surface area contributed by atoms with Crippen LogP contribution in [0.25, 0.3) is 0 Å². The molecular formula is C14H17F13N2O3S. The second kappa shape index (κ2) is 9.18. The van der Waals surface area contributed by atoms with Crippen LogP contribution in [0.3, 0.4) is 0 Å². The van der Waals surface area contributed by atoms with Gasteiger partial charge < -0.3 is 4.74 Å². The Labute approximate surface area is 178 Å². The van der Waals surface area contributed by atoms with Gasteiger partial charge >= 0.3 is 35.1 Å². The van der Waals surface area contributed by atoms with Crippen LogP contribution in [0.4, 0.5) is 57.1 Å². The largest absolute Gasteiger partial charge is 0.453 e. The summed E-state index contributed by atoms with van der Waals surface area (Å²) in [4.78, 5) is 1.40. The van der Waals surface area contributed by atoms with Crippen molar-refractivity contribution < 1.29 is 70.2 Å². The van der Waals surface area contributed by atoms with Gasteiger partial charge in [0.2, 0.25) is 0 Å². The Morgan fingerprint density at radius 1 is 0.788 bits per heavy atom. The average molecular weight is 540 g/mol. The molecule has 1 aliphatic heterocycles. The molecule has 0 saturated carbocycles. The van der Waals surface area contributed by atoms with Crippen molar-refractivity contribution in [3.05, 3.63) is 0 Å². The van der Waals surface area contributed by atoms with Crippen LogP contribution in [0.15, 0.2) is 0 Å². The van der Waals surface area contributed by atoms with Crippen molar-refractivity contribution in [3.63, 3.8) is 0 Å². The van der Waals surface area contributed by atoms with E-state index in [1.54, 1.807) is 0 Å². The first-order chi connectivity index (χ1) is 14.5. The lowest BCUT2D eigenvalue weighted by atomic mass is 9.98. The highest BCUT2D eigenvalue weighted by atomic mass is 32.2. The van der Waals surface area contributed by atoms with E-state index in [1.165, 1.54) is 4.90 Å². The van der Waals surface area contributed by atoms with Crippen LogP contribution in [0.1, 0.15) is 6.42 Å². The molecule has 0 aromatic heterocycles. The fraction of sp³-hybridized carbons (Fsp3) is 1.00. The molecule has 0 radical (unpaired) electrons. The van der Waals surface area contributed by atoms with Gasteiger partial charge in [-0.05, 0) is 0 Å². The van der Waals surface area contributed by atoms with Crippen molar-refractivity contribution in [2.45, 2.75) is 41.5 Å². The Balaban J connectivity index is 3.21. The molecule has 19 heteroatoms. The Bertz CT molecular complexity index is 780. The van der Waals surface area contributed by atoms with Gasteiger partial charge in [-0.15, -0.1) is 0 Å². The molecule has 0 aromatic rings. The predicted molar refractivity (Wildman–Crippen MR) is 84.2 cm³/mol. The summed E-state index contributed by atoms with van der Waals surface area (Å²) in [5.74, 6) is -29.0. The highest BCUT2D eigenvalue weighted by Gasteiger charge is 2.86. The molecule has 1 heterocycles. The molecule has 0 spiro atoms. The van der Waals surface area contributed by atoms with Crippen molar-refractivity contribution >= 4 is 10.0 Å². The first-order valence-electron chi connectivity index (χ1n) is 8.67. The summed E-state index contributed by atoms with van der Waals surface area (Å²) >= 11 is 0. The van der Waals surface area contributed by atoms with E-state index in [0.717, 1.165) is 0 Å². The third kappa shape index (κ3) is 5.44. The highest BCUT2D eigenvalue weighted by molar-refractivity contribution is 7.90. The van der Waals surface area contributed by atoms with Crippen molar-refractivity contribution in [2.75, 3.05) is 46.4 Å². The number of nitrogens with zero attached hydrogens (tertiary/aromatic N) is 2. The predicted octanol–water partition coefficient (Wildman–Crippen LogP) is 3.67. The number of hydrogen-bond acceptors (Lipinski definition) is 4. The topological polar surface area (TPSA) is 49.9 Å². The first kappa shape index (κ1) is 30.0. The maximum absolute atomic E-state index is 14.1. The van der Waals surface area contributed by atoms with E-state index in [4.69, 9.17) is 4.74 Å². The third-order valence-corrected chi connectivity index (χ3v) is 6.55. The van der Waals surface area contributed by atoms with E-state index < -0.39 is 69.0 Å². The molecule has 0 aromatic carbocycles. The Morgan fingerprint density at radius 2 is 1.24 bits per heavy atom. The van der Waals surface area contributed by atoms with Gasteiger partial charge in [-0.3, -0.25) is 4.90 Å². The summed E-state index contributed by atoms with van der Waals surface area (Å²) in [5.41, 5.74) is 0. The molecule has 198 valence electrons. The molecular weight excluding hydrogens is 523 g/mol. The van der Waals surface area contributed by atoms with Crippen molar-refractivity contribution in [2.24, 2.45) is 0 Å². The van der Waals surface area contributed by atoms with Crippen LogP contribution < -0.4 is 0 Å². The zero-order valence-electron chi connectivity index (χ0n) is 16.4. The number of likely N-dealkylation sites (N-methyl/N-ethyl adjacent to an activating group) is 1. The maximum atomic E-state index is 14.1. The minimum atomic E-state index is -7.64. The maximum Gasteiger partial charge on any atom is 0.453 e. The van der Waals surface area contributed by atoms with E-state index in [0.29, 0.717) is 0 Å². The van der Waals surface area contributed by atoms with Crippen LogP contribution in [0.2, 0.25) is 0 Å². The van der Waals surface area contributed by atoms with Gasteiger partial charge in [-0.2, -0.15) is 61.4 Å². The van der Waals surface area contributed by atoms with Crippen LogP contribution in [0, 0.1) is 0 Å². The summed E-state index contributed by atoms with van der Waals surface area (Å²) in [6.45, 7) is -0.841. The molecule has 0 unspecified atom stereocenters. The number of hydrogen-bond donors (Lipinski definition) is 0. The number of ether oxygens (including phenoxy) is 1. The Kier molecular flexibility index (Phi) is 8.33. The molecule has 0 atom stereocenters. The van der Waals surface area contributed by atoms with E-state index in [9.17, 15) is 65.5 Å². The lowest BCUT2D eigenvalue weighted by Gasteiger charge is -2.38. The molecule has 1 fully saturated rings. The molecule has 1 aliphatic rings. The van der Waals surface area contributed by atoms with E-state index in [1.807, 2.05) is 0 Å². The van der Waals surface area contributed by atoms with Gasteiger partial charge in [0, 0.05) is 33.2 Å². The van der Waals surface area contributed by atoms with Crippen LogP contribution in [-0.2, 0) is 14.8 Å². The number of morpholine rings is 1. The van der Waals surface area contributed by atoms with Crippen LogP contribution in [-0.4, -0.2) is 99.2 Å². The molecule has 0 aliphatic carbocycles.